The molecule has 0 radical (unpaired) electrons. The van der Waals surface area contributed by atoms with Gasteiger partial charge in [0.15, 0.2) is 6.19 Å². The summed E-state index contributed by atoms with van der Waals surface area (Å²) in [4.78, 5) is 47.5. The van der Waals surface area contributed by atoms with E-state index in [1.165, 1.54) is 48.9 Å². The third-order valence-electron chi connectivity index (χ3n) is 24.0. The number of ether oxygens (including phenoxy) is 2. The molecule has 3 fully saturated rings. The molecule has 23 heteroatoms. The zero-order chi connectivity index (χ0) is 79.9. The van der Waals surface area contributed by atoms with Crippen LogP contribution in [0.2, 0.25) is 0 Å². The zero-order valence-electron chi connectivity index (χ0n) is 64.9. The van der Waals surface area contributed by atoms with E-state index in [-0.39, 0.29) is 22.2 Å². The number of nitrogens with zero attached hydrogens (tertiary/aromatic N) is 12. The van der Waals surface area contributed by atoms with Gasteiger partial charge in [0.25, 0.3) is 5.17 Å². The van der Waals surface area contributed by atoms with Crippen molar-refractivity contribution in [2.24, 2.45) is 40.2 Å². The van der Waals surface area contributed by atoms with Gasteiger partial charge < -0.3 is 49.6 Å². The van der Waals surface area contributed by atoms with Crippen molar-refractivity contribution in [3.8, 4) is 62.5 Å². The standard InChI is InChI=1S/C20H19N5.C19H19N3O.C19H19N3S.C16H15N3O2.C16H15N3OS/c1-22-18-9-8-17(25(18)2)14-6-7-16-15(12-14)20(10-4-3-5-11-20)19(24-16)23-13-21;2*1-20-17-9-8-16(22(17)2)13-6-7-15-14(12-13)19(18(23)21-15)10-4-3-5-11-19;1-16(2)11-9-10(5-6-12(11)18-15(20)21-16)13-7-8-14(17-3)19(13)4;1-16(2)11-9-10(5-6-12(11)18-15(21)20-16)13-7-8-14(17-3)19(13)4/h6-9,12H,3-5,10-11H2,2H3,(H,23,24);2*6-9,12H,3-5,10-11H2,2H3,(H,21,23);5-9H,1-2,4H3,(H,18,20);5-9H,1-2,4H3,(H,18,21). The predicted octanol–water partition coefficient (Wildman–Crippen LogP) is 22.4. The summed E-state index contributed by atoms with van der Waals surface area (Å²) in [6, 6.07) is 50.1. The Hall–Kier alpha value is -12.8. The topological polar surface area (TPSA) is 195 Å². The van der Waals surface area contributed by atoms with Gasteiger partial charge in [0.1, 0.15) is 45.5 Å². The molecule has 0 saturated heterocycles. The molecule has 0 bridgehead atoms. The van der Waals surface area contributed by atoms with Gasteiger partial charge in [-0.2, -0.15) is 5.26 Å². The molecule has 18 rings (SSSR count). The number of anilines is 4. The van der Waals surface area contributed by atoms with E-state index >= 15 is 0 Å². The Bertz CT molecular complexity index is 5550. The van der Waals surface area contributed by atoms with Crippen LogP contribution >= 0.6 is 24.4 Å². The molecule has 5 aliphatic heterocycles. The normalized spacial score (nSPS) is 17.2. The molecule has 0 atom stereocenters. The monoisotopic (exact) mass is 1530 g/mol. The first kappa shape index (κ1) is 77.0. The Morgan fingerprint density at radius 2 is 0.735 bits per heavy atom. The first-order valence-corrected chi connectivity index (χ1v) is 38.9. The summed E-state index contributed by atoms with van der Waals surface area (Å²) in [5.41, 5.74) is 19.4. The van der Waals surface area contributed by atoms with E-state index in [1.807, 2.05) is 189 Å². The molecule has 21 nitrogen and oxygen atoms in total. The van der Waals surface area contributed by atoms with Crippen molar-refractivity contribution in [2.45, 2.75) is 151 Å². The van der Waals surface area contributed by atoms with Gasteiger partial charge in [-0.3, -0.25) is 38.3 Å². The van der Waals surface area contributed by atoms with Gasteiger partial charge in [0.2, 0.25) is 35.0 Å². The number of amidine groups is 1. The van der Waals surface area contributed by atoms with Crippen LogP contribution in [0.25, 0.3) is 80.5 Å². The van der Waals surface area contributed by atoms with Crippen molar-refractivity contribution in [1.29, 1.82) is 5.26 Å². The van der Waals surface area contributed by atoms with Crippen LogP contribution in [0.15, 0.2) is 157 Å². The smallest absolute Gasteiger partial charge is 0.412 e. The second-order valence-corrected chi connectivity index (χ2v) is 31.9. The lowest BCUT2D eigenvalue weighted by Crippen LogP contribution is -2.41. The molecule has 2 amide bonds. The van der Waals surface area contributed by atoms with Gasteiger partial charge in [-0.1, -0.05) is 103 Å². The van der Waals surface area contributed by atoms with Gasteiger partial charge in [-0.25, -0.2) is 9.79 Å². The molecule has 3 aliphatic carbocycles. The molecule has 10 aromatic rings. The highest BCUT2D eigenvalue weighted by Crippen LogP contribution is 2.53. The minimum absolute atomic E-state index is 0.0344. The van der Waals surface area contributed by atoms with Crippen molar-refractivity contribution < 1.29 is 19.1 Å². The molecule has 3 spiro atoms. The summed E-state index contributed by atoms with van der Waals surface area (Å²) in [6.45, 7) is 43.7. The summed E-state index contributed by atoms with van der Waals surface area (Å²) in [5, 5.41) is 24.7. The van der Waals surface area contributed by atoms with Crippen molar-refractivity contribution in [3.05, 3.63) is 237 Å². The lowest BCUT2D eigenvalue weighted by atomic mass is 9.69. The zero-order valence-corrected chi connectivity index (χ0v) is 66.5. The second-order valence-electron chi connectivity index (χ2n) is 31.1. The fourth-order valence-electron chi connectivity index (χ4n) is 17.8. The van der Waals surface area contributed by atoms with Crippen LogP contribution in [-0.2, 0) is 77.0 Å². The van der Waals surface area contributed by atoms with Crippen molar-refractivity contribution in [2.75, 3.05) is 21.3 Å². The highest BCUT2D eigenvalue weighted by Gasteiger charge is 2.49. The summed E-state index contributed by atoms with van der Waals surface area (Å²) < 4.78 is 20.6. The average Bonchev–Trinajstić information content (AvgIpc) is 1.62. The van der Waals surface area contributed by atoms with E-state index in [0.29, 0.717) is 34.3 Å². The molecule has 5 N–H and O–H groups in total. The number of carbonyl (C=O) groups excluding carboxylic acids is 2. The number of thiocarbonyl (C=S) groups is 2. The molecule has 3 saturated carbocycles. The Balaban J connectivity index is 0.000000117. The van der Waals surface area contributed by atoms with Crippen molar-refractivity contribution >= 4 is 110 Å². The maximum atomic E-state index is 12.6. The van der Waals surface area contributed by atoms with Crippen LogP contribution in [0.3, 0.4) is 0 Å². The third kappa shape index (κ3) is 14.1. The lowest BCUT2D eigenvalue weighted by Gasteiger charge is -2.35. The van der Waals surface area contributed by atoms with Gasteiger partial charge in [0.05, 0.1) is 62.4 Å². The SMILES string of the molecule is [C-]#[N+]c1ccc(-c2ccc3c(c2)C(C)(C)OC(=O)N3)n1C.[C-]#[N+]c1ccc(-c2ccc3c(c2)C(C)(C)OC(=S)N3)n1C.[C-]#[N+]c1ccc(-c2ccc3c(c2)C2(CCCCC2)C(=O)N3)n1C.[C-]#[N+]c1ccc(-c2ccc3c(c2)C2(CCCCC2)C(=S)N3)n1C.[C-]#[N+]c1ccc(-c2ccc3c(c2)C2(CCCCC2)C(NC#N)=N3)n1C. The fraction of sp³-hybridized carbons (Fsp3) is 0.322. The predicted molar refractivity (Wildman–Crippen MR) is 454 cm³/mol. The number of carbonyl (C=O) groups is 2. The highest BCUT2D eigenvalue weighted by atomic mass is 32.1. The quantitative estimate of drug-likeness (QED) is 0.0479. The molecule has 8 aliphatic rings. The lowest BCUT2D eigenvalue weighted by molar-refractivity contribution is -0.121. The number of hydrogen-bond acceptors (Lipinski definition) is 9. The number of aliphatic imine (C=N–C) groups is 1. The molecule has 0 unspecified atom stereocenters. The van der Waals surface area contributed by atoms with Crippen LogP contribution in [0, 0.1) is 44.3 Å². The Kier molecular flexibility index (Phi) is 21.0. The highest BCUT2D eigenvalue weighted by molar-refractivity contribution is 7.80. The maximum absolute atomic E-state index is 12.6. The van der Waals surface area contributed by atoms with E-state index in [1.54, 1.807) is 6.07 Å². The van der Waals surface area contributed by atoms with Gasteiger partial charge in [-0.05, 0) is 247 Å². The van der Waals surface area contributed by atoms with Gasteiger partial charge in [-0.15, -0.1) is 0 Å². The summed E-state index contributed by atoms with van der Waals surface area (Å²) in [7, 11) is 9.55. The first-order chi connectivity index (χ1) is 54.3. The maximum Gasteiger partial charge on any atom is 0.412 e. The van der Waals surface area contributed by atoms with Crippen LogP contribution < -0.4 is 26.6 Å². The van der Waals surface area contributed by atoms with Crippen LogP contribution in [0.5, 0.6) is 0 Å². The number of aromatic nitrogens is 5. The Morgan fingerprint density at radius 1 is 0.407 bits per heavy atom. The number of hydrogen-bond donors (Lipinski definition) is 5. The average molecular weight is 1530 g/mol. The molecule has 10 heterocycles. The number of rotatable bonds is 5. The largest absolute Gasteiger partial charge is 0.460 e. The van der Waals surface area contributed by atoms with Crippen LogP contribution in [-0.4, -0.2) is 50.8 Å². The minimum atomic E-state index is -0.679. The minimum Gasteiger partial charge on any atom is -0.460 e. The van der Waals surface area contributed by atoms with Crippen LogP contribution in [0.4, 0.5) is 62.3 Å². The second kappa shape index (κ2) is 30.8. The van der Waals surface area contributed by atoms with Crippen molar-refractivity contribution in [1.82, 2.24) is 28.2 Å². The number of nitrogens with one attached hydrogen (secondary N) is 5. The van der Waals surface area contributed by atoms with Crippen LogP contribution in [0.1, 0.15) is 152 Å². The van der Waals surface area contributed by atoms with E-state index in [2.05, 4.69) is 99.5 Å². The summed E-state index contributed by atoms with van der Waals surface area (Å²) in [6.07, 6.45) is 18.7. The molecular weight excluding hydrogens is 1450 g/mol. The first-order valence-electron chi connectivity index (χ1n) is 38.1. The molecule has 5 aromatic heterocycles. The summed E-state index contributed by atoms with van der Waals surface area (Å²) >= 11 is 10.8. The molecule has 113 heavy (non-hydrogen) atoms. The van der Waals surface area contributed by atoms with Gasteiger partial charge >= 0.3 is 6.09 Å². The number of benzene rings is 5. The Morgan fingerprint density at radius 3 is 1.12 bits per heavy atom. The van der Waals surface area contributed by atoms with Gasteiger partial charge in [0, 0.05) is 61.4 Å². The van der Waals surface area contributed by atoms with Crippen molar-refractivity contribution in [3.63, 3.8) is 0 Å². The van der Waals surface area contributed by atoms with E-state index in [0.717, 1.165) is 171 Å². The number of fused-ring (bicyclic) bond motifs is 8. The summed E-state index contributed by atoms with van der Waals surface area (Å²) in [5.74, 6) is 4.10. The number of nitriles is 1. The molecular formula is C90H87N17O4S2. The molecule has 5 aromatic carbocycles. The molecule has 568 valence electrons. The van der Waals surface area contributed by atoms with E-state index < -0.39 is 17.3 Å². The number of amides is 2. The number of cyclic esters (lactones) is 1. The van der Waals surface area contributed by atoms with E-state index in [4.69, 9.17) is 77.0 Å². The fourth-order valence-corrected chi connectivity index (χ4v) is 18.6. The third-order valence-corrected chi connectivity index (χ3v) is 24.6. The van der Waals surface area contributed by atoms with E-state index in [9.17, 15) is 9.59 Å². The Labute approximate surface area is 670 Å².